The predicted molar refractivity (Wildman–Crippen MR) is 38.8 cm³/mol. The fraction of sp³-hybridized carbons (Fsp3) is 0.429. The first kappa shape index (κ1) is 8.10. The average molecular weight is 154 g/mol. The molecule has 2 rings (SSSR count). The van der Waals surface area contributed by atoms with E-state index in [4.69, 9.17) is 9.47 Å². The fourth-order valence-electron chi connectivity index (χ4n) is 0.548. The van der Waals surface area contributed by atoms with E-state index in [1.54, 1.807) is 18.5 Å². The van der Waals surface area contributed by atoms with Gasteiger partial charge in [-0.05, 0) is 6.07 Å². The molecule has 0 spiro atoms. The maximum Gasteiger partial charge on any atom is 0.146 e. The highest BCUT2D eigenvalue weighted by atomic mass is 16.7. The average Bonchev–Trinajstić information content (AvgIpc) is 2.64. The maximum absolute atomic E-state index is 4.72. The Balaban J connectivity index is 0.000000112. The largest absolute Gasteiger partial charge is 0.353 e. The molecule has 1 aromatic heterocycles. The van der Waals surface area contributed by atoms with Crippen LogP contribution in [-0.4, -0.2) is 30.0 Å². The molecule has 0 unspecified atom stereocenters. The highest BCUT2D eigenvalue weighted by Gasteiger charge is 1.93. The zero-order valence-corrected chi connectivity index (χ0v) is 6.14. The molecular weight excluding hydrogens is 144 g/mol. The van der Waals surface area contributed by atoms with Crippen molar-refractivity contribution in [3.63, 3.8) is 0 Å². The van der Waals surface area contributed by atoms with Gasteiger partial charge in [0.15, 0.2) is 0 Å². The van der Waals surface area contributed by atoms with Crippen molar-refractivity contribution in [3.8, 4) is 0 Å². The van der Waals surface area contributed by atoms with Gasteiger partial charge in [0.2, 0.25) is 0 Å². The Morgan fingerprint density at radius 2 is 1.64 bits per heavy atom. The van der Waals surface area contributed by atoms with Gasteiger partial charge < -0.3 is 9.47 Å². The third-order valence-corrected chi connectivity index (χ3v) is 1.02. The van der Waals surface area contributed by atoms with Crippen LogP contribution >= 0.6 is 0 Å². The van der Waals surface area contributed by atoms with E-state index in [1.165, 1.54) is 6.33 Å². The molecule has 4 nitrogen and oxygen atoms in total. The Hall–Kier alpha value is -1.00. The molecule has 0 N–H and O–H groups in total. The van der Waals surface area contributed by atoms with Gasteiger partial charge in [-0.25, -0.2) is 9.97 Å². The SMILES string of the molecule is C1COCO1.c1cncnc1. The standard InChI is InChI=1S/C4H4N2.C3H6O2/c1-2-5-4-6-3-1;1-2-5-3-4-1/h1-4H;1-3H2. The lowest BCUT2D eigenvalue weighted by atomic mass is 10.7. The molecule has 1 fully saturated rings. The first-order valence-corrected chi connectivity index (χ1v) is 3.35. The summed E-state index contributed by atoms with van der Waals surface area (Å²) >= 11 is 0. The minimum absolute atomic E-state index is 0.500. The lowest BCUT2D eigenvalue weighted by molar-refractivity contribution is 0.0692. The molecule has 0 amide bonds. The van der Waals surface area contributed by atoms with Crippen LogP contribution in [0.5, 0.6) is 0 Å². The zero-order chi connectivity index (χ0) is 7.78. The first-order chi connectivity index (χ1) is 5.50. The third kappa shape index (κ3) is 4.41. The molecule has 0 aromatic carbocycles. The van der Waals surface area contributed by atoms with Crippen molar-refractivity contribution in [2.75, 3.05) is 20.0 Å². The number of aromatic nitrogens is 2. The Morgan fingerprint density at radius 3 is 1.82 bits per heavy atom. The molecular formula is C7H10N2O2. The number of rotatable bonds is 0. The van der Waals surface area contributed by atoms with Gasteiger partial charge in [-0.3, -0.25) is 0 Å². The van der Waals surface area contributed by atoms with E-state index in [1.807, 2.05) is 0 Å². The van der Waals surface area contributed by atoms with Crippen molar-refractivity contribution in [2.24, 2.45) is 0 Å². The molecule has 1 aromatic rings. The van der Waals surface area contributed by atoms with Gasteiger partial charge in [0.25, 0.3) is 0 Å². The van der Waals surface area contributed by atoms with Gasteiger partial charge in [0.1, 0.15) is 13.1 Å². The van der Waals surface area contributed by atoms with E-state index in [-0.39, 0.29) is 0 Å². The highest BCUT2D eigenvalue weighted by molar-refractivity contribution is 4.74. The minimum Gasteiger partial charge on any atom is -0.353 e. The lowest BCUT2D eigenvalue weighted by Gasteiger charge is -1.76. The van der Waals surface area contributed by atoms with Gasteiger partial charge in [-0.1, -0.05) is 0 Å². The van der Waals surface area contributed by atoms with Crippen molar-refractivity contribution in [1.29, 1.82) is 0 Å². The summed E-state index contributed by atoms with van der Waals surface area (Å²) < 4.78 is 9.44. The second-order valence-corrected chi connectivity index (χ2v) is 1.84. The van der Waals surface area contributed by atoms with Crippen LogP contribution < -0.4 is 0 Å². The Bertz CT molecular complexity index is 131. The van der Waals surface area contributed by atoms with Crippen molar-refractivity contribution in [1.82, 2.24) is 9.97 Å². The molecule has 0 radical (unpaired) electrons. The van der Waals surface area contributed by atoms with Crippen LogP contribution in [-0.2, 0) is 9.47 Å². The Labute approximate surface area is 65.2 Å². The van der Waals surface area contributed by atoms with Crippen LogP contribution in [0.15, 0.2) is 24.8 Å². The van der Waals surface area contributed by atoms with Gasteiger partial charge in [0.05, 0.1) is 13.2 Å². The summed E-state index contributed by atoms with van der Waals surface area (Å²) in [5.74, 6) is 0. The van der Waals surface area contributed by atoms with E-state index in [0.717, 1.165) is 13.2 Å². The molecule has 1 saturated heterocycles. The van der Waals surface area contributed by atoms with Crippen molar-refractivity contribution < 1.29 is 9.47 Å². The van der Waals surface area contributed by atoms with Crippen LogP contribution in [0.25, 0.3) is 0 Å². The van der Waals surface area contributed by atoms with Crippen LogP contribution in [0, 0.1) is 0 Å². The Kier molecular flexibility index (Phi) is 4.24. The van der Waals surface area contributed by atoms with E-state index >= 15 is 0 Å². The van der Waals surface area contributed by atoms with E-state index in [0.29, 0.717) is 6.79 Å². The molecule has 2 heterocycles. The minimum atomic E-state index is 0.500. The summed E-state index contributed by atoms with van der Waals surface area (Å²) in [6, 6.07) is 1.78. The normalized spacial score (nSPS) is 15.3. The van der Waals surface area contributed by atoms with Crippen LogP contribution in [0.2, 0.25) is 0 Å². The number of hydrogen-bond acceptors (Lipinski definition) is 4. The van der Waals surface area contributed by atoms with Gasteiger partial charge in [-0.2, -0.15) is 0 Å². The highest BCUT2D eigenvalue weighted by Crippen LogP contribution is 1.85. The summed E-state index contributed by atoms with van der Waals surface area (Å²) in [5.41, 5.74) is 0. The lowest BCUT2D eigenvalue weighted by Crippen LogP contribution is -1.79. The topological polar surface area (TPSA) is 44.2 Å². The summed E-state index contributed by atoms with van der Waals surface area (Å²) in [7, 11) is 0. The summed E-state index contributed by atoms with van der Waals surface area (Å²) in [4.78, 5) is 7.35. The second kappa shape index (κ2) is 5.76. The van der Waals surface area contributed by atoms with Gasteiger partial charge >= 0.3 is 0 Å². The molecule has 4 heteroatoms. The van der Waals surface area contributed by atoms with Gasteiger partial charge in [0, 0.05) is 12.4 Å². The Morgan fingerprint density at radius 1 is 1.00 bits per heavy atom. The molecule has 1 aliphatic rings. The number of ether oxygens (including phenoxy) is 2. The molecule has 0 atom stereocenters. The smallest absolute Gasteiger partial charge is 0.146 e. The predicted octanol–water partition coefficient (Wildman–Crippen LogP) is 0.467. The van der Waals surface area contributed by atoms with Crippen molar-refractivity contribution >= 4 is 0 Å². The van der Waals surface area contributed by atoms with E-state index < -0.39 is 0 Å². The third-order valence-electron chi connectivity index (χ3n) is 1.02. The second-order valence-electron chi connectivity index (χ2n) is 1.84. The monoisotopic (exact) mass is 154 g/mol. The van der Waals surface area contributed by atoms with Gasteiger partial charge in [-0.15, -0.1) is 0 Å². The summed E-state index contributed by atoms with van der Waals surface area (Å²) in [5, 5.41) is 0. The van der Waals surface area contributed by atoms with Crippen LogP contribution in [0.3, 0.4) is 0 Å². The van der Waals surface area contributed by atoms with Crippen molar-refractivity contribution in [3.05, 3.63) is 24.8 Å². The molecule has 0 aliphatic carbocycles. The molecule has 1 aliphatic heterocycles. The van der Waals surface area contributed by atoms with Crippen molar-refractivity contribution in [2.45, 2.75) is 0 Å². The summed E-state index contributed by atoms with van der Waals surface area (Å²) in [6.07, 6.45) is 4.88. The number of nitrogens with zero attached hydrogens (tertiary/aromatic N) is 2. The molecule has 0 bridgehead atoms. The van der Waals surface area contributed by atoms with Crippen LogP contribution in [0.1, 0.15) is 0 Å². The molecule has 60 valence electrons. The molecule has 11 heavy (non-hydrogen) atoms. The summed E-state index contributed by atoms with van der Waals surface area (Å²) in [6.45, 7) is 2.06. The van der Waals surface area contributed by atoms with E-state index in [9.17, 15) is 0 Å². The molecule has 0 saturated carbocycles. The maximum atomic E-state index is 4.72. The first-order valence-electron chi connectivity index (χ1n) is 3.35. The fourth-order valence-corrected chi connectivity index (χ4v) is 0.548. The quantitative estimate of drug-likeness (QED) is 0.544. The van der Waals surface area contributed by atoms with Crippen LogP contribution in [0.4, 0.5) is 0 Å². The van der Waals surface area contributed by atoms with E-state index in [2.05, 4.69) is 9.97 Å². The number of hydrogen-bond donors (Lipinski definition) is 0. The zero-order valence-electron chi connectivity index (χ0n) is 6.14.